The van der Waals surface area contributed by atoms with Gasteiger partial charge in [-0.1, -0.05) is 36.3 Å². The summed E-state index contributed by atoms with van der Waals surface area (Å²) in [5, 5.41) is 12.7. The van der Waals surface area contributed by atoms with Crippen molar-refractivity contribution in [2.75, 3.05) is 19.6 Å². The van der Waals surface area contributed by atoms with E-state index < -0.39 is 5.54 Å². The van der Waals surface area contributed by atoms with Gasteiger partial charge in [0.25, 0.3) is 0 Å². The second-order valence-electron chi connectivity index (χ2n) is 5.05. The van der Waals surface area contributed by atoms with Gasteiger partial charge in [0.1, 0.15) is 5.54 Å². The predicted octanol–water partition coefficient (Wildman–Crippen LogP) is 1.77. The zero-order valence-electron chi connectivity index (χ0n) is 11.1. The molecule has 0 radical (unpaired) electrons. The van der Waals surface area contributed by atoms with Crippen LogP contribution in [-0.4, -0.2) is 30.1 Å². The zero-order valence-corrected chi connectivity index (χ0v) is 11.1. The first-order valence-corrected chi connectivity index (χ1v) is 6.64. The van der Waals surface area contributed by atoms with Gasteiger partial charge in [0, 0.05) is 13.1 Å². The highest BCUT2D eigenvalue weighted by Crippen LogP contribution is 2.22. The van der Waals surface area contributed by atoms with Crippen LogP contribution < -0.4 is 5.32 Å². The molecule has 19 heavy (non-hydrogen) atoms. The van der Waals surface area contributed by atoms with Crippen LogP contribution in [0.4, 0.5) is 0 Å². The molecule has 1 atom stereocenters. The number of nitriles is 1. The number of piperidine rings is 1. The Morgan fingerprint density at radius 1 is 1.37 bits per heavy atom. The Balaban J connectivity index is 2.00. The molecule has 0 aliphatic carbocycles. The minimum absolute atomic E-state index is 0.451. The third kappa shape index (κ3) is 3.58. The van der Waals surface area contributed by atoms with Crippen molar-refractivity contribution in [3.05, 3.63) is 35.9 Å². The molecule has 0 aromatic heterocycles. The lowest BCUT2D eigenvalue weighted by Crippen LogP contribution is -2.55. The third-order valence-electron chi connectivity index (χ3n) is 3.56. The number of nitrogens with zero attached hydrogens (tertiary/aromatic N) is 2. The Labute approximate surface area is 115 Å². The van der Waals surface area contributed by atoms with Gasteiger partial charge in [0.2, 0.25) is 0 Å². The first-order chi connectivity index (χ1) is 9.28. The summed E-state index contributed by atoms with van der Waals surface area (Å²) < 4.78 is 0. The van der Waals surface area contributed by atoms with Crippen LogP contribution in [0.3, 0.4) is 0 Å². The van der Waals surface area contributed by atoms with Gasteiger partial charge in [-0.15, -0.1) is 6.42 Å². The molecule has 1 aromatic carbocycles. The van der Waals surface area contributed by atoms with Crippen LogP contribution in [0.2, 0.25) is 0 Å². The third-order valence-corrected chi connectivity index (χ3v) is 3.56. The molecule has 3 heteroatoms. The summed E-state index contributed by atoms with van der Waals surface area (Å²) >= 11 is 0. The van der Waals surface area contributed by atoms with Gasteiger partial charge < -0.3 is 0 Å². The maximum Gasteiger partial charge on any atom is 0.120 e. The fraction of sp³-hybridized carbons (Fsp3) is 0.438. The Kier molecular flexibility index (Phi) is 4.58. The lowest BCUT2D eigenvalue weighted by atomic mass is 9.90. The molecule has 1 aromatic rings. The number of terminal acetylenes is 1. The quantitative estimate of drug-likeness (QED) is 0.831. The summed E-state index contributed by atoms with van der Waals surface area (Å²) in [6.07, 6.45) is 7.18. The van der Waals surface area contributed by atoms with Crippen LogP contribution in [0.15, 0.2) is 30.3 Å². The minimum Gasteiger partial charge on any atom is -0.296 e. The first-order valence-electron chi connectivity index (χ1n) is 6.64. The molecule has 1 unspecified atom stereocenters. The van der Waals surface area contributed by atoms with E-state index in [0.29, 0.717) is 6.54 Å². The van der Waals surface area contributed by atoms with Crippen molar-refractivity contribution >= 4 is 0 Å². The van der Waals surface area contributed by atoms with E-state index >= 15 is 0 Å². The van der Waals surface area contributed by atoms with Gasteiger partial charge in [-0.2, -0.15) is 5.26 Å². The fourth-order valence-electron chi connectivity index (χ4n) is 2.62. The second-order valence-corrected chi connectivity index (χ2v) is 5.05. The van der Waals surface area contributed by atoms with E-state index in [4.69, 9.17) is 6.42 Å². The molecular formula is C16H19N3. The van der Waals surface area contributed by atoms with Crippen molar-refractivity contribution in [3.8, 4) is 18.4 Å². The highest BCUT2D eigenvalue weighted by molar-refractivity contribution is 5.17. The van der Waals surface area contributed by atoms with Crippen LogP contribution in [0.1, 0.15) is 18.4 Å². The number of hydrogen-bond donors (Lipinski definition) is 1. The van der Waals surface area contributed by atoms with E-state index in [0.717, 1.165) is 32.5 Å². The van der Waals surface area contributed by atoms with Crippen molar-refractivity contribution < 1.29 is 0 Å². The van der Waals surface area contributed by atoms with E-state index in [2.05, 4.69) is 34.3 Å². The molecule has 1 N–H and O–H groups in total. The molecule has 3 nitrogen and oxygen atoms in total. The van der Waals surface area contributed by atoms with Crippen molar-refractivity contribution in [2.24, 2.45) is 0 Å². The van der Waals surface area contributed by atoms with Crippen LogP contribution in [0, 0.1) is 23.7 Å². The highest BCUT2D eigenvalue weighted by Gasteiger charge is 2.34. The lowest BCUT2D eigenvalue weighted by molar-refractivity contribution is 0.152. The van der Waals surface area contributed by atoms with Gasteiger partial charge in [-0.3, -0.25) is 10.2 Å². The van der Waals surface area contributed by atoms with E-state index in [9.17, 15) is 5.26 Å². The Morgan fingerprint density at radius 3 is 2.84 bits per heavy atom. The summed E-state index contributed by atoms with van der Waals surface area (Å²) in [5.74, 6) is 2.56. The van der Waals surface area contributed by atoms with E-state index in [1.807, 2.05) is 18.2 Å². The van der Waals surface area contributed by atoms with E-state index in [1.165, 1.54) is 5.56 Å². The van der Waals surface area contributed by atoms with Crippen molar-refractivity contribution in [2.45, 2.75) is 24.9 Å². The Morgan fingerprint density at radius 2 is 2.16 bits per heavy atom. The number of hydrogen-bond acceptors (Lipinski definition) is 3. The molecular weight excluding hydrogens is 234 g/mol. The molecule has 0 saturated carbocycles. The van der Waals surface area contributed by atoms with Gasteiger partial charge in [0.05, 0.1) is 12.6 Å². The zero-order chi connectivity index (χ0) is 13.6. The molecule has 0 bridgehead atoms. The van der Waals surface area contributed by atoms with Crippen LogP contribution >= 0.6 is 0 Å². The molecule has 1 heterocycles. The highest BCUT2D eigenvalue weighted by atomic mass is 15.2. The number of likely N-dealkylation sites (tertiary alicyclic amines) is 1. The number of rotatable bonds is 4. The maximum absolute atomic E-state index is 9.44. The normalized spacial score (nSPS) is 23.5. The first kappa shape index (κ1) is 13.6. The Hall–Kier alpha value is -1.81. The maximum atomic E-state index is 9.44. The van der Waals surface area contributed by atoms with Gasteiger partial charge in [0.15, 0.2) is 0 Å². The van der Waals surface area contributed by atoms with E-state index in [-0.39, 0.29) is 0 Å². The van der Waals surface area contributed by atoms with E-state index in [1.54, 1.807) is 0 Å². The van der Waals surface area contributed by atoms with Crippen molar-refractivity contribution in [1.82, 2.24) is 10.2 Å². The van der Waals surface area contributed by atoms with Crippen molar-refractivity contribution in [3.63, 3.8) is 0 Å². The molecule has 0 amide bonds. The van der Waals surface area contributed by atoms with Crippen molar-refractivity contribution in [1.29, 1.82) is 5.26 Å². The summed E-state index contributed by atoms with van der Waals surface area (Å²) in [4.78, 5) is 2.32. The number of nitrogens with one attached hydrogen (secondary N) is 1. The molecule has 2 rings (SSSR count). The summed E-state index contributed by atoms with van der Waals surface area (Å²) in [5.41, 5.74) is 0.799. The SMILES string of the molecule is C#CCNC1(C#N)CCCN(Cc2ccccc2)C1. The summed E-state index contributed by atoms with van der Waals surface area (Å²) in [6.45, 7) is 3.12. The molecule has 1 aliphatic rings. The second kappa shape index (κ2) is 6.38. The molecule has 98 valence electrons. The average molecular weight is 253 g/mol. The minimum atomic E-state index is -0.487. The topological polar surface area (TPSA) is 39.1 Å². The Bertz CT molecular complexity index is 483. The standard InChI is InChI=1S/C16H19N3/c1-2-10-18-16(13-17)9-6-11-19(14-16)12-15-7-4-3-5-8-15/h1,3-5,7-8,18H,6,9-12,14H2. The average Bonchev–Trinajstić information content (AvgIpc) is 2.46. The smallest absolute Gasteiger partial charge is 0.120 e. The van der Waals surface area contributed by atoms with Crippen LogP contribution in [0.5, 0.6) is 0 Å². The molecule has 0 spiro atoms. The largest absolute Gasteiger partial charge is 0.296 e. The molecule has 1 fully saturated rings. The lowest BCUT2D eigenvalue weighted by Gasteiger charge is -2.38. The summed E-state index contributed by atoms with van der Waals surface area (Å²) in [6, 6.07) is 12.8. The molecule has 1 saturated heterocycles. The monoisotopic (exact) mass is 253 g/mol. The fourth-order valence-corrected chi connectivity index (χ4v) is 2.62. The van der Waals surface area contributed by atoms with Gasteiger partial charge >= 0.3 is 0 Å². The predicted molar refractivity (Wildman–Crippen MR) is 76.1 cm³/mol. The van der Waals surface area contributed by atoms with Gasteiger partial charge in [-0.25, -0.2) is 0 Å². The van der Waals surface area contributed by atoms with Crippen LogP contribution in [0.25, 0.3) is 0 Å². The summed E-state index contributed by atoms with van der Waals surface area (Å²) in [7, 11) is 0. The van der Waals surface area contributed by atoms with Crippen LogP contribution in [-0.2, 0) is 6.54 Å². The number of benzene rings is 1. The molecule has 1 aliphatic heterocycles. The van der Waals surface area contributed by atoms with Gasteiger partial charge in [-0.05, 0) is 24.9 Å².